The zero-order valence-electron chi connectivity index (χ0n) is 38.4. The first kappa shape index (κ1) is 48.4. The van der Waals surface area contributed by atoms with Gasteiger partial charge in [0.15, 0.2) is 23.5 Å². The quantitative estimate of drug-likeness (QED) is 0.102. The standard InChI is InChI=1S/C48H70O17/c1-21-16-24(41(59)65-43-39(57)37(55)36(54)29(63-43)20-61-40(58)22-17-26(50)34(52)27(51)18-22)23-10-14-46(5)25(33(23)48(21,7)60)8-9-31-45(4)13-12-32(44(2,3)30(45)11-15-47(31,46)6)64-42-38(56)35(53)28(19-49)62-42/h8,17-18,21,23-24,28-33,35-39,42-43,49-57,60H,9-16,19-20H2,1-7H3/t21-,23-,24+,28-,29-,30-,31+,32-,33+,35+,36+,37-,38-,39+,42+,43-,45-,46+,47+,48+/m0/s1. The van der Waals surface area contributed by atoms with Gasteiger partial charge < -0.3 is 74.7 Å². The van der Waals surface area contributed by atoms with Crippen LogP contribution < -0.4 is 0 Å². The molecule has 0 spiro atoms. The molecule has 364 valence electrons. The van der Waals surface area contributed by atoms with Gasteiger partial charge in [-0.25, -0.2) is 4.79 Å². The van der Waals surface area contributed by atoms with Crippen LogP contribution in [0.5, 0.6) is 17.2 Å². The Morgan fingerprint density at radius 1 is 0.785 bits per heavy atom. The summed E-state index contributed by atoms with van der Waals surface area (Å²) < 4.78 is 29.1. The average Bonchev–Trinajstić information content (AvgIpc) is 3.52. The lowest BCUT2D eigenvalue weighted by molar-refractivity contribution is -0.295. The number of rotatable bonds is 8. The number of aliphatic hydroxyl groups is 7. The number of hydrogen-bond acceptors (Lipinski definition) is 17. The molecule has 0 aromatic heterocycles. The van der Waals surface area contributed by atoms with Crippen LogP contribution in [-0.2, 0) is 28.5 Å². The van der Waals surface area contributed by atoms with Crippen LogP contribution in [0.2, 0.25) is 0 Å². The third kappa shape index (κ3) is 7.49. The number of benzene rings is 1. The minimum atomic E-state index is -1.85. The molecule has 8 rings (SSSR count). The van der Waals surface area contributed by atoms with Crippen LogP contribution in [0.1, 0.15) is 110 Å². The molecule has 65 heavy (non-hydrogen) atoms. The molecule has 10 N–H and O–H groups in total. The van der Waals surface area contributed by atoms with E-state index in [4.69, 9.17) is 23.7 Å². The number of aromatic hydroxyl groups is 3. The highest BCUT2D eigenvalue weighted by Crippen LogP contribution is 2.75. The van der Waals surface area contributed by atoms with E-state index in [-0.39, 0.29) is 51.1 Å². The first-order chi connectivity index (χ1) is 30.3. The van der Waals surface area contributed by atoms with Gasteiger partial charge in [0.1, 0.15) is 49.3 Å². The highest BCUT2D eigenvalue weighted by atomic mass is 16.7. The number of esters is 2. The Bertz CT molecular complexity index is 2000. The number of phenolic OH excluding ortho intramolecular Hbond substituents is 3. The fourth-order valence-electron chi connectivity index (χ4n) is 14.5. The molecule has 1 aromatic rings. The van der Waals surface area contributed by atoms with Crippen LogP contribution >= 0.6 is 0 Å². The Hall–Kier alpha value is -3.10. The molecule has 2 saturated heterocycles. The molecule has 5 aliphatic carbocycles. The summed E-state index contributed by atoms with van der Waals surface area (Å²) in [6.07, 6.45) is -5.08. The molecule has 4 saturated carbocycles. The number of phenols is 3. The monoisotopic (exact) mass is 918 g/mol. The summed E-state index contributed by atoms with van der Waals surface area (Å²) in [6, 6.07) is 1.73. The van der Waals surface area contributed by atoms with Gasteiger partial charge in [-0.1, -0.05) is 53.2 Å². The zero-order chi connectivity index (χ0) is 47.5. The molecular formula is C48H70O17. The number of carbonyl (C=O) groups is 2. The van der Waals surface area contributed by atoms with Crippen molar-refractivity contribution in [3.63, 3.8) is 0 Å². The summed E-state index contributed by atoms with van der Waals surface area (Å²) >= 11 is 0. The molecule has 17 heteroatoms. The minimum Gasteiger partial charge on any atom is -0.504 e. The average molecular weight is 919 g/mol. The van der Waals surface area contributed by atoms with Gasteiger partial charge in [-0.05, 0) is 116 Å². The number of carbonyl (C=O) groups excluding carboxylic acids is 2. The molecule has 17 nitrogen and oxygen atoms in total. The van der Waals surface area contributed by atoms with E-state index in [1.165, 1.54) is 0 Å². The minimum absolute atomic E-state index is 0.0815. The predicted molar refractivity (Wildman–Crippen MR) is 227 cm³/mol. The lowest BCUT2D eigenvalue weighted by Crippen LogP contribution is -2.66. The SMILES string of the molecule is C[C@H]1C[C@@H](C(=O)O[C@@H]2O[C@@H](COC(=O)c3cc(O)c(O)c(O)c3)[C@@H](O)[C@H](O)[C@H]2O)[C@@H]2CC[C@]3(C)C(=CC[C@@H]4[C@@]5(C)CC[C@H](O[C@H]6O[C@@H](CO)[C@@H](O)[C@@H]6O)C(C)(C)[C@@H]5CC[C@]43C)[C@@H]2[C@]1(C)O. The second-order valence-electron chi connectivity index (χ2n) is 22.0. The second kappa shape index (κ2) is 16.8. The molecule has 2 heterocycles. The van der Waals surface area contributed by atoms with Crippen molar-refractivity contribution in [3.8, 4) is 17.2 Å². The highest BCUT2D eigenvalue weighted by molar-refractivity contribution is 5.91. The third-order valence-electron chi connectivity index (χ3n) is 18.6. The molecule has 6 fully saturated rings. The summed E-state index contributed by atoms with van der Waals surface area (Å²) in [4.78, 5) is 27.1. The summed E-state index contributed by atoms with van der Waals surface area (Å²) in [5.41, 5.74) is -1.21. The van der Waals surface area contributed by atoms with Crippen LogP contribution in [0.3, 0.4) is 0 Å². The van der Waals surface area contributed by atoms with Gasteiger partial charge in [0.25, 0.3) is 0 Å². The van der Waals surface area contributed by atoms with E-state index in [0.717, 1.165) is 56.2 Å². The van der Waals surface area contributed by atoms with Gasteiger partial charge in [0, 0.05) is 5.92 Å². The van der Waals surface area contributed by atoms with Crippen LogP contribution in [0, 0.1) is 57.2 Å². The maximum absolute atomic E-state index is 14.4. The summed E-state index contributed by atoms with van der Waals surface area (Å²) in [7, 11) is 0. The van der Waals surface area contributed by atoms with Crippen LogP contribution in [0.25, 0.3) is 0 Å². The van der Waals surface area contributed by atoms with Gasteiger partial charge in [-0.2, -0.15) is 0 Å². The largest absolute Gasteiger partial charge is 0.504 e. The second-order valence-corrected chi connectivity index (χ2v) is 22.0. The number of ether oxygens (including phenoxy) is 5. The highest BCUT2D eigenvalue weighted by Gasteiger charge is 2.69. The van der Waals surface area contributed by atoms with Gasteiger partial charge in [0.2, 0.25) is 6.29 Å². The fraction of sp³-hybridized carbons (Fsp3) is 0.792. The maximum Gasteiger partial charge on any atom is 0.338 e. The van der Waals surface area contributed by atoms with E-state index >= 15 is 0 Å². The first-order valence-corrected chi connectivity index (χ1v) is 23.4. The Morgan fingerprint density at radius 2 is 1.42 bits per heavy atom. The van der Waals surface area contributed by atoms with Crippen LogP contribution in [0.4, 0.5) is 0 Å². The Kier molecular flexibility index (Phi) is 12.5. The molecule has 0 bridgehead atoms. The summed E-state index contributed by atoms with van der Waals surface area (Å²) in [5.74, 6) is -5.35. The molecule has 0 unspecified atom stereocenters. The molecule has 1 aromatic carbocycles. The van der Waals surface area contributed by atoms with Gasteiger partial charge in [-0.3, -0.25) is 4.79 Å². The summed E-state index contributed by atoms with van der Waals surface area (Å²) in [5, 5.41) is 105. The molecule has 0 amide bonds. The van der Waals surface area contributed by atoms with Gasteiger partial charge >= 0.3 is 11.9 Å². The Labute approximate surface area is 379 Å². The van der Waals surface area contributed by atoms with Crippen molar-refractivity contribution in [1.29, 1.82) is 0 Å². The van der Waals surface area contributed by atoms with E-state index < -0.39 is 115 Å². The van der Waals surface area contributed by atoms with Crippen LogP contribution in [-0.4, -0.2) is 143 Å². The van der Waals surface area contributed by atoms with Crippen LogP contribution in [0.15, 0.2) is 23.8 Å². The number of hydrogen-bond donors (Lipinski definition) is 10. The van der Waals surface area contributed by atoms with Gasteiger partial charge in [0.05, 0.1) is 29.8 Å². The normalized spacial score (nSPS) is 47.9. The molecule has 0 radical (unpaired) electrons. The maximum atomic E-state index is 14.4. The van der Waals surface area contributed by atoms with Crippen molar-refractivity contribution in [1.82, 2.24) is 0 Å². The number of allylic oxidation sites excluding steroid dienone is 1. The predicted octanol–water partition coefficient (Wildman–Crippen LogP) is 2.76. The van der Waals surface area contributed by atoms with E-state index in [1.807, 2.05) is 13.8 Å². The Balaban J connectivity index is 0.992. The van der Waals surface area contributed by atoms with E-state index in [9.17, 15) is 60.7 Å². The lowest BCUT2D eigenvalue weighted by Gasteiger charge is -2.71. The molecule has 7 aliphatic rings. The number of aliphatic hydroxyl groups excluding tert-OH is 6. The summed E-state index contributed by atoms with van der Waals surface area (Å²) in [6.45, 7) is 14.3. The van der Waals surface area contributed by atoms with Crippen molar-refractivity contribution in [2.75, 3.05) is 13.2 Å². The van der Waals surface area contributed by atoms with Crippen molar-refractivity contribution < 1.29 is 84.3 Å². The van der Waals surface area contributed by atoms with Gasteiger partial charge in [-0.15, -0.1) is 0 Å². The first-order valence-electron chi connectivity index (χ1n) is 23.4. The Morgan fingerprint density at radius 3 is 2.06 bits per heavy atom. The van der Waals surface area contributed by atoms with E-state index in [0.29, 0.717) is 18.8 Å². The van der Waals surface area contributed by atoms with E-state index in [2.05, 4.69) is 40.7 Å². The zero-order valence-corrected chi connectivity index (χ0v) is 38.4. The van der Waals surface area contributed by atoms with Crippen molar-refractivity contribution in [2.24, 2.45) is 57.2 Å². The van der Waals surface area contributed by atoms with Crippen molar-refractivity contribution in [3.05, 3.63) is 29.3 Å². The topological polar surface area (TPSA) is 283 Å². The van der Waals surface area contributed by atoms with Crippen molar-refractivity contribution >= 4 is 11.9 Å². The fourth-order valence-corrected chi connectivity index (χ4v) is 14.5. The smallest absolute Gasteiger partial charge is 0.338 e. The third-order valence-corrected chi connectivity index (χ3v) is 18.6. The van der Waals surface area contributed by atoms with E-state index in [1.54, 1.807) is 0 Å². The molecule has 2 aliphatic heterocycles. The van der Waals surface area contributed by atoms with Crippen molar-refractivity contribution in [2.45, 2.75) is 167 Å². The molecule has 20 atom stereocenters. The number of fused-ring (bicyclic) bond motifs is 7. The molecular weight excluding hydrogens is 849 g/mol. The lowest BCUT2D eigenvalue weighted by atomic mass is 9.34.